The summed E-state index contributed by atoms with van der Waals surface area (Å²) in [6.45, 7) is 2.51. The quantitative estimate of drug-likeness (QED) is 0.774. The summed E-state index contributed by atoms with van der Waals surface area (Å²) >= 11 is 4.93. The third-order valence-corrected chi connectivity index (χ3v) is 4.19. The number of fused-ring (bicyclic) bond motifs is 1. The number of halogens is 2. The molecule has 0 aliphatic carbocycles. The van der Waals surface area contributed by atoms with Crippen molar-refractivity contribution in [2.75, 3.05) is 5.32 Å². The van der Waals surface area contributed by atoms with E-state index in [-0.39, 0.29) is 5.82 Å². The summed E-state index contributed by atoms with van der Waals surface area (Å²) in [7, 11) is 0. The van der Waals surface area contributed by atoms with Crippen LogP contribution in [0.4, 0.5) is 10.1 Å². The molecule has 3 aromatic rings. The number of aryl methyl sites for hydroxylation is 1. The Morgan fingerprint density at radius 2 is 2.32 bits per heavy atom. The van der Waals surface area contributed by atoms with Gasteiger partial charge in [-0.25, -0.2) is 9.37 Å². The van der Waals surface area contributed by atoms with Gasteiger partial charge in [0.05, 0.1) is 23.6 Å². The lowest BCUT2D eigenvalue weighted by molar-refractivity contribution is 0.629. The molecule has 1 N–H and O–H groups in total. The minimum Gasteiger partial charge on any atom is -0.377 e. The highest BCUT2D eigenvalue weighted by molar-refractivity contribution is 9.10. The van der Waals surface area contributed by atoms with E-state index in [1.807, 2.05) is 22.9 Å². The molecule has 0 radical (unpaired) electrons. The predicted molar refractivity (Wildman–Crippen MR) is 79.2 cm³/mol. The van der Waals surface area contributed by atoms with E-state index >= 15 is 0 Å². The fraction of sp³-hybridized carbons (Fsp3) is 0.154. The van der Waals surface area contributed by atoms with Crippen molar-refractivity contribution in [1.29, 1.82) is 0 Å². The molecule has 0 spiro atoms. The van der Waals surface area contributed by atoms with Gasteiger partial charge in [0.2, 0.25) is 0 Å². The fourth-order valence-electron chi connectivity index (χ4n) is 1.97. The van der Waals surface area contributed by atoms with Crippen molar-refractivity contribution in [2.45, 2.75) is 13.5 Å². The third kappa shape index (κ3) is 2.37. The summed E-state index contributed by atoms with van der Waals surface area (Å²) in [5, 5.41) is 5.11. The molecule has 0 amide bonds. The van der Waals surface area contributed by atoms with Crippen LogP contribution in [0.5, 0.6) is 0 Å². The molecule has 3 rings (SSSR count). The summed E-state index contributed by atoms with van der Waals surface area (Å²) in [5.74, 6) is -0.257. The highest BCUT2D eigenvalue weighted by atomic mass is 79.9. The van der Waals surface area contributed by atoms with Crippen molar-refractivity contribution in [1.82, 2.24) is 9.38 Å². The van der Waals surface area contributed by atoms with Crippen molar-refractivity contribution in [3.05, 3.63) is 51.5 Å². The summed E-state index contributed by atoms with van der Waals surface area (Å²) in [5.41, 5.74) is 2.50. The van der Waals surface area contributed by atoms with Crippen LogP contribution < -0.4 is 5.32 Å². The number of hydrogen-bond acceptors (Lipinski definition) is 3. The van der Waals surface area contributed by atoms with Gasteiger partial charge < -0.3 is 5.32 Å². The maximum absolute atomic E-state index is 13.6. The van der Waals surface area contributed by atoms with Gasteiger partial charge in [-0.05, 0) is 25.1 Å². The Bertz CT molecular complexity index is 735. The topological polar surface area (TPSA) is 29.3 Å². The van der Waals surface area contributed by atoms with Crippen LogP contribution in [-0.4, -0.2) is 9.38 Å². The van der Waals surface area contributed by atoms with Gasteiger partial charge in [0, 0.05) is 16.0 Å². The minimum atomic E-state index is -0.257. The highest BCUT2D eigenvalue weighted by Crippen LogP contribution is 2.22. The normalized spacial score (nSPS) is 11.1. The van der Waals surface area contributed by atoms with Crippen LogP contribution in [0.15, 0.2) is 34.2 Å². The summed E-state index contributed by atoms with van der Waals surface area (Å²) in [6, 6.07) is 4.86. The van der Waals surface area contributed by atoms with Gasteiger partial charge in [-0.2, -0.15) is 0 Å². The maximum atomic E-state index is 13.6. The fourth-order valence-corrected chi connectivity index (χ4v) is 3.11. The molecule has 0 saturated carbocycles. The smallest absolute Gasteiger partial charge is 0.194 e. The number of aromatic nitrogens is 2. The second-order valence-corrected chi connectivity index (χ2v) is 5.97. The van der Waals surface area contributed by atoms with Crippen molar-refractivity contribution in [3.63, 3.8) is 0 Å². The van der Waals surface area contributed by atoms with Crippen LogP contribution in [-0.2, 0) is 6.54 Å². The first kappa shape index (κ1) is 12.6. The third-order valence-electron chi connectivity index (χ3n) is 2.94. The number of hydrogen-bond donors (Lipinski definition) is 1. The van der Waals surface area contributed by atoms with Crippen molar-refractivity contribution < 1.29 is 4.39 Å². The predicted octanol–water partition coefficient (Wildman–Crippen LogP) is 4.22. The van der Waals surface area contributed by atoms with Crippen LogP contribution in [0.2, 0.25) is 0 Å². The van der Waals surface area contributed by atoms with Crippen LogP contribution in [0.3, 0.4) is 0 Å². The zero-order valence-electron chi connectivity index (χ0n) is 10.2. The van der Waals surface area contributed by atoms with Crippen molar-refractivity contribution >= 4 is 37.9 Å². The van der Waals surface area contributed by atoms with Gasteiger partial charge in [0.1, 0.15) is 5.82 Å². The van der Waals surface area contributed by atoms with E-state index in [1.54, 1.807) is 23.5 Å². The van der Waals surface area contributed by atoms with E-state index in [0.29, 0.717) is 12.2 Å². The van der Waals surface area contributed by atoms with E-state index < -0.39 is 0 Å². The number of nitrogens with one attached hydrogen (secondary N) is 1. The van der Waals surface area contributed by atoms with E-state index in [0.717, 1.165) is 20.8 Å². The Labute approximate surface area is 122 Å². The molecule has 0 atom stereocenters. The van der Waals surface area contributed by atoms with Crippen LogP contribution in [0.25, 0.3) is 4.96 Å². The van der Waals surface area contributed by atoms with Crippen LogP contribution in [0, 0.1) is 12.7 Å². The van der Waals surface area contributed by atoms with Gasteiger partial charge in [-0.15, -0.1) is 11.3 Å². The second-order valence-electron chi connectivity index (χ2n) is 4.18. The lowest BCUT2D eigenvalue weighted by Crippen LogP contribution is -2.05. The number of benzene rings is 1. The van der Waals surface area contributed by atoms with Crippen LogP contribution in [0.1, 0.15) is 11.4 Å². The maximum Gasteiger partial charge on any atom is 0.194 e. The number of nitrogens with zero attached hydrogens (tertiary/aromatic N) is 2. The molecule has 0 saturated heterocycles. The van der Waals surface area contributed by atoms with E-state index in [4.69, 9.17) is 0 Å². The Kier molecular flexibility index (Phi) is 3.28. The molecule has 0 unspecified atom stereocenters. The zero-order valence-corrected chi connectivity index (χ0v) is 12.6. The molecular formula is C13H11BrFN3S. The second kappa shape index (κ2) is 4.94. The van der Waals surface area contributed by atoms with E-state index in [2.05, 4.69) is 26.2 Å². The van der Waals surface area contributed by atoms with Crippen molar-refractivity contribution in [2.24, 2.45) is 0 Å². The first-order chi connectivity index (χ1) is 9.15. The van der Waals surface area contributed by atoms with Crippen LogP contribution >= 0.6 is 27.3 Å². The number of imidazole rings is 1. The number of thiazole rings is 1. The van der Waals surface area contributed by atoms with Gasteiger partial charge in [-0.1, -0.05) is 15.9 Å². The number of anilines is 1. The Morgan fingerprint density at radius 3 is 3.16 bits per heavy atom. The molecule has 1 aromatic carbocycles. The van der Waals surface area contributed by atoms with Gasteiger partial charge in [0.25, 0.3) is 0 Å². The van der Waals surface area contributed by atoms with Crippen molar-refractivity contribution in [3.8, 4) is 0 Å². The van der Waals surface area contributed by atoms with E-state index in [1.165, 1.54) is 6.07 Å². The monoisotopic (exact) mass is 339 g/mol. The van der Waals surface area contributed by atoms with E-state index in [9.17, 15) is 4.39 Å². The molecule has 0 fully saturated rings. The average Bonchev–Trinajstić information content (AvgIpc) is 2.92. The highest BCUT2D eigenvalue weighted by Gasteiger charge is 2.10. The largest absolute Gasteiger partial charge is 0.377 e. The lowest BCUT2D eigenvalue weighted by Gasteiger charge is -2.08. The van der Waals surface area contributed by atoms with Gasteiger partial charge >= 0.3 is 0 Å². The zero-order chi connectivity index (χ0) is 13.4. The molecule has 19 heavy (non-hydrogen) atoms. The average molecular weight is 340 g/mol. The Hall–Kier alpha value is -1.40. The molecule has 3 nitrogen and oxygen atoms in total. The van der Waals surface area contributed by atoms with Gasteiger partial charge in [-0.3, -0.25) is 4.40 Å². The lowest BCUT2D eigenvalue weighted by atomic mass is 10.3. The molecule has 0 aliphatic rings. The first-order valence-corrected chi connectivity index (χ1v) is 7.42. The molecule has 98 valence electrons. The molecule has 2 heterocycles. The molecule has 6 heteroatoms. The minimum absolute atomic E-state index is 0.257. The molecule has 0 aliphatic heterocycles. The summed E-state index contributed by atoms with van der Waals surface area (Å²) < 4.78 is 16.5. The standard InChI is InChI=1S/C13H11BrFN3S/c1-8-12(18-4-5-19-13(18)17-8)7-16-11-6-9(14)2-3-10(11)15/h2-6,16H,7H2,1H3. The molecule has 2 aromatic heterocycles. The molecular weight excluding hydrogens is 329 g/mol. The number of rotatable bonds is 3. The summed E-state index contributed by atoms with van der Waals surface area (Å²) in [6.07, 6.45) is 1.98. The van der Waals surface area contributed by atoms with Gasteiger partial charge in [0.15, 0.2) is 4.96 Å². The SMILES string of the molecule is Cc1nc2sccn2c1CNc1cc(Br)ccc1F. The Morgan fingerprint density at radius 1 is 1.47 bits per heavy atom. The summed E-state index contributed by atoms with van der Waals surface area (Å²) in [4.78, 5) is 5.43. The Balaban J connectivity index is 1.87. The first-order valence-electron chi connectivity index (χ1n) is 5.75. The molecule has 0 bridgehead atoms.